The zero-order valence-electron chi connectivity index (χ0n) is 43.0. The van der Waals surface area contributed by atoms with Crippen molar-refractivity contribution in [2.45, 2.75) is 250 Å². The van der Waals surface area contributed by atoms with Gasteiger partial charge in [-0.2, -0.15) is 0 Å². The molecule has 0 amide bonds. The third-order valence-electron chi connectivity index (χ3n) is 11.8. The minimum absolute atomic E-state index is 0.0536. The van der Waals surface area contributed by atoms with E-state index in [1.807, 2.05) is 12.2 Å². The molecule has 0 spiro atoms. The molecule has 0 bridgehead atoms. The topological polar surface area (TPSA) is 175 Å². The van der Waals surface area contributed by atoms with Gasteiger partial charge in [-0.1, -0.05) is 209 Å². The first-order valence-electron chi connectivity index (χ1n) is 26.9. The molecule has 0 aromatic rings. The number of esters is 3. The highest BCUT2D eigenvalue weighted by molar-refractivity contribution is 5.74. The van der Waals surface area contributed by atoms with Crippen molar-refractivity contribution in [1.82, 2.24) is 0 Å². The van der Waals surface area contributed by atoms with Crippen LogP contribution in [-0.2, 0) is 42.9 Å². The number of carbonyl (C=O) groups excluding carboxylic acids is 3. The van der Waals surface area contributed by atoms with Crippen LogP contribution < -0.4 is 0 Å². The molecule has 0 aliphatic carbocycles. The molecule has 0 saturated carbocycles. The van der Waals surface area contributed by atoms with Gasteiger partial charge in [0.15, 0.2) is 24.6 Å². The molecule has 1 saturated heterocycles. The fourth-order valence-corrected chi connectivity index (χ4v) is 7.69. The van der Waals surface area contributed by atoms with E-state index in [1.54, 1.807) is 0 Å². The van der Waals surface area contributed by atoms with Gasteiger partial charge < -0.3 is 39.0 Å². The fourth-order valence-electron chi connectivity index (χ4n) is 7.69. The average Bonchev–Trinajstić information content (AvgIpc) is 3.33. The summed E-state index contributed by atoms with van der Waals surface area (Å²) in [5.41, 5.74) is 0. The summed E-state index contributed by atoms with van der Waals surface area (Å²) in [6.45, 7) is 5.75. The highest BCUT2D eigenvalue weighted by Crippen LogP contribution is 2.26. The van der Waals surface area contributed by atoms with Crippen molar-refractivity contribution in [2.75, 3.05) is 13.2 Å². The van der Waals surface area contributed by atoms with Gasteiger partial charge in [-0.05, 0) is 57.8 Å². The quantitative estimate of drug-likeness (QED) is 0.0228. The number of carbonyl (C=O) groups is 4. The molecule has 6 atom stereocenters. The van der Waals surface area contributed by atoms with Crippen molar-refractivity contribution in [1.29, 1.82) is 0 Å². The SMILES string of the molecule is CC/C=C\C/C=C\C/C=C\C/C=C\C/C=C\C/C=C\CCC(=O)OCC(COC1OC(C(=O)O)C(O)C(O)C1OC(=O)CCCCCCCCCCC)OC(=O)CCCCCCCCCCCCC. The van der Waals surface area contributed by atoms with Gasteiger partial charge in [0.1, 0.15) is 18.8 Å². The Bertz CT molecular complexity index is 1480. The summed E-state index contributed by atoms with van der Waals surface area (Å²) in [4.78, 5) is 50.7. The number of carboxylic acid groups (broad SMARTS) is 1. The van der Waals surface area contributed by atoms with E-state index >= 15 is 0 Å². The van der Waals surface area contributed by atoms with Gasteiger partial charge in [-0.15, -0.1) is 0 Å². The Morgan fingerprint density at radius 1 is 0.493 bits per heavy atom. The largest absolute Gasteiger partial charge is 0.479 e. The number of hydrogen-bond acceptors (Lipinski definition) is 11. The number of ether oxygens (including phenoxy) is 5. The second-order valence-corrected chi connectivity index (χ2v) is 18.1. The van der Waals surface area contributed by atoms with Crippen LogP contribution in [0.15, 0.2) is 72.9 Å². The number of carboxylic acids is 1. The monoisotopic (exact) mass is 971 g/mol. The van der Waals surface area contributed by atoms with E-state index in [-0.39, 0.29) is 25.9 Å². The Kier molecular flexibility index (Phi) is 41.5. The molecule has 1 fully saturated rings. The summed E-state index contributed by atoms with van der Waals surface area (Å²) < 4.78 is 28.2. The zero-order valence-corrected chi connectivity index (χ0v) is 43.0. The van der Waals surface area contributed by atoms with Gasteiger partial charge >= 0.3 is 23.9 Å². The second kappa shape index (κ2) is 45.3. The van der Waals surface area contributed by atoms with Crippen LogP contribution in [0, 0.1) is 0 Å². The molecule has 1 aliphatic rings. The summed E-state index contributed by atoms with van der Waals surface area (Å²) >= 11 is 0. The molecular formula is C57H94O12. The van der Waals surface area contributed by atoms with E-state index in [9.17, 15) is 34.5 Å². The van der Waals surface area contributed by atoms with E-state index < -0.39 is 67.3 Å². The van der Waals surface area contributed by atoms with Gasteiger partial charge in [0, 0.05) is 19.3 Å². The highest BCUT2D eigenvalue weighted by Gasteiger charge is 2.50. The zero-order chi connectivity index (χ0) is 50.4. The molecule has 0 radical (unpaired) electrons. The van der Waals surface area contributed by atoms with Crippen LogP contribution in [0.4, 0.5) is 0 Å². The molecule has 1 heterocycles. The lowest BCUT2D eigenvalue weighted by Gasteiger charge is -2.40. The maximum absolute atomic E-state index is 13.0. The number of hydrogen-bond donors (Lipinski definition) is 3. The Hall–Kier alpha value is -3.84. The maximum atomic E-state index is 13.0. The lowest BCUT2D eigenvalue weighted by Crippen LogP contribution is -2.61. The molecule has 0 aromatic carbocycles. The summed E-state index contributed by atoms with van der Waals surface area (Å²) in [6, 6.07) is 0. The first kappa shape index (κ1) is 63.2. The Morgan fingerprint density at radius 2 is 0.913 bits per heavy atom. The van der Waals surface area contributed by atoms with Crippen molar-refractivity contribution in [2.24, 2.45) is 0 Å². The molecule has 12 heteroatoms. The van der Waals surface area contributed by atoms with Crippen LogP contribution in [0.5, 0.6) is 0 Å². The van der Waals surface area contributed by atoms with Crippen LogP contribution >= 0.6 is 0 Å². The predicted molar refractivity (Wildman–Crippen MR) is 275 cm³/mol. The number of rotatable bonds is 44. The highest BCUT2D eigenvalue weighted by atomic mass is 16.7. The molecule has 6 unspecified atom stereocenters. The summed E-state index contributed by atoms with van der Waals surface area (Å²) in [5, 5.41) is 31.3. The standard InChI is InChI=1S/C57H94O12/c1-4-7-10-13-16-19-21-22-23-24-25-26-27-28-30-32-34-37-40-43-49(58)65-46-48(67-50(59)44-41-38-36-33-29-20-17-14-11-8-5-2)47-66-57-55(53(62)52(61)54(69-57)56(63)64)68-51(60)45-42-39-35-31-18-15-12-9-6-3/h7,10,16,19,22-23,25-26,28,30,34,37,48,52-55,57,61-62H,4-6,8-9,11-15,17-18,20-21,24,27,29,31-33,35-36,38-47H2,1-3H3,(H,63,64)/b10-7-,19-16-,23-22-,26-25-,30-28-,37-34-. The molecule has 1 rings (SSSR count). The number of aliphatic carboxylic acids is 1. The van der Waals surface area contributed by atoms with Crippen LogP contribution in [0.1, 0.15) is 213 Å². The van der Waals surface area contributed by atoms with Gasteiger partial charge in [0.05, 0.1) is 6.61 Å². The molecule has 1 aliphatic heterocycles. The second-order valence-electron chi connectivity index (χ2n) is 18.1. The fraction of sp³-hybridized carbons (Fsp3) is 0.719. The van der Waals surface area contributed by atoms with Crippen LogP contribution in [-0.4, -0.2) is 89.2 Å². The first-order valence-corrected chi connectivity index (χ1v) is 26.9. The Labute approximate surface area is 417 Å². The van der Waals surface area contributed by atoms with Crippen LogP contribution in [0.3, 0.4) is 0 Å². The summed E-state index contributed by atoms with van der Waals surface area (Å²) in [7, 11) is 0. The molecule has 12 nitrogen and oxygen atoms in total. The lowest BCUT2D eigenvalue weighted by atomic mass is 9.98. The molecule has 3 N–H and O–H groups in total. The summed E-state index contributed by atoms with van der Waals surface area (Å²) in [6.07, 6.45) is 43.5. The van der Waals surface area contributed by atoms with E-state index in [2.05, 4.69) is 81.5 Å². The molecular weight excluding hydrogens is 877 g/mol. The van der Waals surface area contributed by atoms with Gasteiger partial charge in [0.2, 0.25) is 0 Å². The molecule has 0 aromatic heterocycles. The van der Waals surface area contributed by atoms with Crippen molar-refractivity contribution in [3.05, 3.63) is 72.9 Å². The third kappa shape index (κ3) is 35.8. The van der Waals surface area contributed by atoms with E-state index in [0.717, 1.165) is 83.5 Å². The van der Waals surface area contributed by atoms with Gasteiger partial charge in [0.25, 0.3) is 0 Å². The third-order valence-corrected chi connectivity index (χ3v) is 11.8. The van der Waals surface area contributed by atoms with Gasteiger partial charge in [-0.3, -0.25) is 14.4 Å². The van der Waals surface area contributed by atoms with Crippen LogP contribution in [0.2, 0.25) is 0 Å². The van der Waals surface area contributed by atoms with Crippen LogP contribution in [0.25, 0.3) is 0 Å². The average molecular weight is 971 g/mol. The predicted octanol–water partition coefficient (Wildman–Crippen LogP) is 13.0. The molecule has 394 valence electrons. The number of aliphatic hydroxyl groups excluding tert-OH is 2. The normalized spacial score (nSPS) is 19.2. The van der Waals surface area contributed by atoms with Crippen molar-refractivity contribution >= 4 is 23.9 Å². The number of aliphatic hydroxyl groups is 2. The molecule has 69 heavy (non-hydrogen) atoms. The lowest BCUT2D eigenvalue weighted by molar-refractivity contribution is -0.301. The van der Waals surface area contributed by atoms with E-state index in [4.69, 9.17) is 23.7 Å². The van der Waals surface area contributed by atoms with Crippen molar-refractivity contribution < 1.29 is 58.2 Å². The minimum atomic E-state index is -1.91. The Morgan fingerprint density at radius 3 is 1.36 bits per heavy atom. The minimum Gasteiger partial charge on any atom is -0.479 e. The number of unbranched alkanes of at least 4 members (excludes halogenated alkanes) is 18. The maximum Gasteiger partial charge on any atom is 0.335 e. The Balaban J connectivity index is 2.74. The summed E-state index contributed by atoms with van der Waals surface area (Å²) in [5.74, 6) is -3.23. The first-order chi connectivity index (χ1) is 33.6. The van der Waals surface area contributed by atoms with Crippen molar-refractivity contribution in [3.63, 3.8) is 0 Å². The van der Waals surface area contributed by atoms with Crippen molar-refractivity contribution in [3.8, 4) is 0 Å². The smallest absolute Gasteiger partial charge is 0.335 e. The van der Waals surface area contributed by atoms with E-state index in [1.165, 1.54) is 70.6 Å². The van der Waals surface area contributed by atoms with E-state index in [0.29, 0.717) is 19.3 Å². The number of allylic oxidation sites excluding steroid dienone is 12. The van der Waals surface area contributed by atoms with Gasteiger partial charge in [-0.25, -0.2) is 4.79 Å².